The van der Waals surface area contributed by atoms with Crippen LogP contribution in [0.5, 0.6) is 0 Å². The van der Waals surface area contributed by atoms with Crippen LogP contribution in [0.15, 0.2) is 45.3 Å². The first-order valence-corrected chi connectivity index (χ1v) is 9.00. The van der Waals surface area contributed by atoms with Crippen LogP contribution in [0.3, 0.4) is 0 Å². The summed E-state index contributed by atoms with van der Waals surface area (Å²) in [6.07, 6.45) is 1.05. The van der Waals surface area contributed by atoms with Gasteiger partial charge in [-0.2, -0.15) is 0 Å². The number of halogens is 4. The van der Waals surface area contributed by atoms with Crippen molar-refractivity contribution in [1.82, 2.24) is 5.32 Å². The Bertz CT molecular complexity index is 580. The second kappa shape index (κ2) is 7.98. The van der Waals surface area contributed by atoms with Gasteiger partial charge in [0, 0.05) is 19.0 Å². The van der Waals surface area contributed by atoms with E-state index < -0.39 is 0 Å². The maximum atomic E-state index is 6.39. The van der Waals surface area contributed by atoms with Crippen LogP contribution in [-0.2, 0) is 0 Å². The highest BCUT2D eigenvalue weighted by Gasteiger charge is 2.19. The zero-order chi connectivity index (χ0) is 15.4. The molecule has 0 aliphatic rings. The van der Waals surface area contributed by atoms with Gasteiger partial charge in [-0.15, -0.1) is 0 Å². The minimum absolute atomic E-state index is 0.0252. The van der Waals surface area contributed by atoms with E-state index in [1.54, 1.807) is 6.07 Å². The summed E-state index contributed by atoms with van der Waals surface area (Å²) >= 11 is 19.5. The second-order valence-electron chi connectivity index (χ2n) is 4.72. The molecule has 2 aromatic carbocycles. The van der Waals surface area contributed by atoms with Crippen molar-refractivity contribution in [2.75, 3.05) is 6.54 Å². The molecule has 2 rings (SSSR count). The smallest absolute Gasteiger partial charge is 0.0602 e. The fraction of sp³-hybridized carbons (Fsp3) is 0.250. The Morgan fingerprint density at radius 2 is 1.76 bits per heavy atom. The second-order valence-corrected chi connectivity index (χ2v) is 7.33. The molecule has 1 unspecified atom stereocenters. The molecule has 0 aromatic heterocycles. The normalized spacial score (nSPS) is 12.4. The highest BCUT2D eigenvalue weighted by molar-refractivity contribution is 9.11. The van der Waals surface area contributed by atoms with Crippen molar-refractivity contribution in [3.63, 3.8) is 0 Å². The molecule has 0 amide bonds. The predicted molar refractivity (Wildman–Crippen MR) is 98.4 cm³/mol. The zero-order valence-corrected chi connectivity index (χ0v) is 16.2. The molecule has 0 radical (unpaired) electrons. The van der Waals surface area contributed by atoms with Crippen LogP contribution in [0.4, 0.5) is 0 Å². The molecule has 5 heteroatoms. The summed E-state index contributed by atoms with van der Waals surface area (Å²) < 4.78 is 2.08. The van der Waals surface area contributed by atoms with Crippen molar-refractivity contribution in [2.45, 2.75) is 19.4 Å². The van der Waals surface area contributed by atoms with Crippen molar-refractivity contribution in [3.05, 3.63) is 66.5 Å². The summed E-state index contributed by atoms with van der Waals surface area (Å²) in [4.78, 5) is 0. The Morgan fingerprint density at radius 3 is 2.38 bits per heavy atom. The van der Waals surface area contributed by atoms with E-state index in [1.807, 2.05) is 24.3 Å². The Morgan fingerprint density at radius 1 is 1.05 bits per heavy atom. The van der Waals surface area contributed by atoms with Gasteiger partial charge in [0.2, 0.25) is 0 Å². The van der Waals surface area contributed by atoms with Gasteiger partial charge in [-0.1, -0.05) is 74.1 Å². The number of rotatable bonds is 5. The Hall–Kier alpha value is -0.0600. The highest BCUT2D eigenvalue weighted by Crippen LogP contribution is 2.35. The van der Waals surface area contributed by atoms with Crippen LogP contribution in [0.25, 0.3) is 0 Å². The lowest BCUT2D eigenvalue weighted by Gasteiger charge is -2.22. The number of benzene rings is 2. The van der Waals surface area contributed by atoms with E-state index in [1.165, 1.54) is 0 Å². The van der Waals surface area contributed by atoms with E-state index >= 15 is 0 Å². The molecule has 0 aliphatic heterocycles. The SMILES string of the molecule is CCCNC(c1ccc(Cl)cc1Cl)c1ccc(Br)cc1Br. The first-order valence-electron chi connectivity index (χ1n) is 6.66. The number of nitrogens with one attached hydrogen (secondary N) is 1. The first kappa shape index (κ1) is 17.3. The van der Waals surface area contributed by atoms with Gasteiger partial charge in [0.1, 0.15) is 0 Å². The van der Waals surface area contributed by atoms with Crippen molar-refractivity contribution in [2.24, 2.45) is 0 Å². The molecule has 21 heavy (non-hydrogen) atoms. The van der Waals surface area contributed by atoms with E-state index in [4.69, 9.17) is 23.2 Å². The topological polar surface area (TPSA) is 12.0 Å². The molecular formula is C16H15Br2Cl2N. The zero-order valence-electron chi connectivity index (χ0n) is 11.5. The van der Waals surface area contributed by atoms with Gasteiger partial charge in [-0.05, 0) is 48.4 Å². The standard InChI is InChI=1S/C16H15Br2Cl2N/c1-2-7-21-16(12-5-3-10(17)8-14(12)18)13-6-4-11(19)9-15(13)20/h3-6,8-9,16,21H,2,7H2,1H3. The van der Waals surface area contributed by atoms with Crippen molar-refractivity contribution < 1.29 is 0 Å². The lowest BCUT2D eigenvalue weighted by Crippen LogP contribution is -2.23. The van der Waals surface area contributed by atoms with E-state index in [-0.39, 0.29) is 6.04 Å². The molecule has 2 aromatic rings. The molecular weight excluding hydrogens is 437 g/mol. The van der Waals surface area contributed by atoms with Crippen LogP contribution in [-0.4, -0.2) is 6.54 Å². The molecule has 112 valence electrons. The molecule has 0 saturated heterocycles. The van der Waals surface area contributed by atoms with Crippen LogP contribution in [0.2, 0.25) is 10.0 Å². The largest absolute Gasteiger partial charge is 0.306 e. The maximum absolute atomic E-state index is 6.39. The lowest BCUT2D eigenvalue weighted by atomic mass is 9.98. The summed E-state index contributed by atoms with van der Waals surface area (Å²) in [5.41, 5.74) is 2.17. The third kappa shape index (κ3) is 4.46. The Kier molecular flexibility index (Phi) is 6.57. The van der Waals surface area contributed by atoms with Crippen LogP contribution in [0.1, 0.15) is 30.5 Å². The number of hydrogen-bond acceptors (Lipinski definition) is 1. The molecule has 1 atom stereocenters. The molecule has 1 N–H and O–H groups in total. The van der Waals surface area contributed by atoms with Gasteiger partial charge in [-0.25, -0.2) is 0 Å². The summed E-state index contributed by atoms with van der Waals surface area (Å²) in [6.45, 7) is 3.05. The van der Waals surface area contributed by atoms with Gasteiger partial charge in [0.15, 0.2) is 0 Å². The lowest BCUT2D eigenvalue weighted by molar-refractivity contribution is 0.597. The summed E-state index contributed by atoms with van der Waals surface area (Å²) in [6, 6.07) is 11.8. The summed E-state index contributed by atoms with van der Waals surface area (Å²) in [7, 11) is 0. The first-order chi connectivity index (χ1) is 10.0. The average Bonchev–Trinajstić information content (AvgIpc) is 2.42. The van der Waals surface area contributed by atoms with Gasteiger partial charge in [0.25, 0.3) is 0 Å². The Balaban J connectivity index is 2.46. The van der Waals surface area contributed by atoms with Crippen molar-refractivity contribution >= 4 is 55.1 Å². The average molecular weight is 452 g/mol. The van der Waals surface area contributed by atoms with Gasteiger partial charge < -0.3 is 5.32 Å². The number of hydrogen-bond donors (Lipinski definition) is 1. The van der Waals surface area contributed by atoms with Crippen molar-refractivity contribution in [1.29, 1.82) is 0 Å². The summed E-state index contributed by atoms with van der Waals surface area (Å²) in [5.74, 6) is 0. The van der Waals surface area contributed by atoms with Crippen LogP contribution >= 0.6 is 55.1 Å². The van der Waals surface area contributed by atoms with E-state index in [2.05, 4.69) is 50.2 Å². The van der Waals surface area contributed by atoms with Gasteiger partial charge in [0.05, 0.1) is 6.04 Å². The Labute approximate surface area is 152 Å². The summed E-state index contributed by atoms with van der Waals surface area (Å²) in [5, 5.41) is 4.87. The van der Waals surface area contributed by atoms with Crippen LogP contribution in [0, 0.1) is 0 Å². The third-order valence-corrected chi connectivity index (χ3v) is 4.89. The molecule has 0 saturated carbocycles. The third-order valence-electron chi connectivity index (χ3n) is 3.15. The van der Waals surface area contributed by atoms with Crippen molar-refractivity contribution in [3.8, 4) is 0 Å². The van der Waals surface area contributed by atoms with Gasteiger partial charge in [-0.3, -0.25) is 0 Å². The fourth-order valence-corrected chi connectivity index (χ4v) is 3.94. The predicted octanol–water partition coefficient (Wildman–Crippen LogP) is 6.61. The maximum Gasteiger partial charge on any atom is 0.0602 e. The van der Waals surface area contributed by atoms with E-state index in [0.717, 1.165) is 33.0 Å². The molecule has 0 spiro atoms. The van der Waals surface area contributed by atoms with E-state index in [0.29, 0.717) is 10.0 Å². The quantitative estimate of drug-likeness (QED) is 0.539. The molecule has 0 heterocycles. The molecule has 1 nitrogen and oxygen atoms in total. The van der Waals surface area contributed by atoms with E-state index in [9.17, 15) is 0 Å². The minimum Gasteiger partial charge on any atom is -0.306 e. The highest BCUT2D eigenvalue weighted by atomic mass is 79.9. The molecule has 0 bridgehead atoms. The van der Waals surface area contributed by atoms with Crippen LogP contribution < -0.4 is 5.32 Å². The monoisotopic (exact) mass is 449 g/mol. The molecule has 0 fully saturated rings. The molecule has 0 aliphatic carbocycles. The van der Waals surface area contributed by atoms with Gasteiger partial charge >= 0.3 is 0 Å². The fourth-order valence-electron chi connectivity index (χ4n) is 2.15. The minimum atomic E-state index is 0.0252.